The molecule has 0 unspecified atom stereocenters. The first-order valence-electron chi connectivity index (χ1n) is 10.00. The number of carbonyl (C=O) groups excluding carboxylic acids is 2. The van der Waals surface area contributed by atoms with Gasteiger partial charge in [-0.15, -0.1) is 0 Å². The summed E-state index contributed by atoms with van der Waals surface area (Å²) in [4.78, 5) is 28.4. The van der Waals surface area contributed by atoms with Crippen LogP contribution in [0.4, 0.5) is 5.82 Å². The Bertz CT molecular complexity index is 779. The van der Waals surface area contributed by atoms with Gasteiger partial charge < -0.3 is 25.4 Å². The predicted octanol–water partition coefficient (Wildman–Crippen LogP) is 0.463. The van der Waals surface area contributed by atoms with Crippen LogP contribution in [0.25, 0.3) is 0 Å². The summed E-state index contributed by atoms with van der Waals surface area (Å²) in [6.07, 6.45) is 1.96. The molecule has 2 aliphatic rings. The largest absolute Gasteiger partial charge is 0.383 e. The zero-order valence-electron chi connectivity index (χ0n) is 17.2. The second-order valence-corrected chi connectivity index (χ2v) is 8.15. The number of hydrogen-bond acceptors (Lipinski definition) is 7. The lowest BCUT2D eigenvalue weighted by Gasteiger charge is -2.27. The first-order chi connectivity index (χ1) is 14.5. The lowest BCUT2D eigenvalue weighted by Crippen LogP contribution is -2.39. The highest BCUT2D eigenvalue weighted by atomic mass is 79.9. The molecule has 0 saturated carbocycles. The van der Waals surface area contributed by atoms with Gasteiger partial charge in [-0.05, 0) is 28.4 Å². The van der Waals surface area contributed by atoms with Gasteiger partial charge in [0.2, 0.25) is 5.91 Å². The summed E-state index contributed by atoms with van der Waals surface area (Å²) in [6.45, 7) is 9.11. The molecule has 2 saturated heterocycles. The van der Waals surface area contributed by atoms with E-state index in [9.17, 15) is 9.59 Å². The number of anilines is 1. The monoisotopic (exact) mass is 484 g/mol. The van der Waals surface area contributed by atoms with Crippen molar-refractivity contribution in [2.45, 2.75) is 18.5 Å². The van der Waals surface area contributed by atoms with Gasteiger partial charge in [-0.25, -0.2) is 4.68 Å². The van der Waals surface area contributed by atoms with E-state index in [1.807, 2.05) is 0 Å². The van der Waals surface area contributed by atoms with Gasteiger partial charge in [0, 0.05) is 39.8 Å². The van der Waals surface area contributed by atoms with Crippen LogP contribution in [0.5, 0.6) is 0 Å². The van der Waals surface area contributed by atoms with Gasteiger partial charge in [-0.3, -0.25) is 14.5 Å². The first-order valence-corrected chi connectivity index (χ1v) is 10.8. The second-order valence-electron chi connectivity index (χ2n) is 7.40. The molecule has 0 aromatic carbocycles. The lowest BCUT2D eigenvalue weighted by atomic mass is 10.2. The maximum absolute atomic E-state index is 12.3. The molecule has 30 heavy (non-hydrogen) atoms. The first kappa shape index (κ1) is 22.7. The summed E-state index contributed by atoms with van der Waals surface area (Å²) >= 11 is 3.37. The summed E-state index contributed by atoms with van der Waals surface area (Å²) in [5, 5.41) is 7.87. The number of ether oxygens (including phenoxy) is 2. The van der Waals surface area contributed by atoms with Crippen LogP contribution < -0.4 is 11.1 Å². The van der Waals surface area contributed by atoms with Crippen LogP contribution in [0.2, 0.25) is 0 Å². The topological polar surface area (TPSA) is 115 Å². The summed E-state index contributed by atoms with van der Waals surface area (Å²) in [6, 6.07) is -0.212. The fourth-order valence-corrected chi connectivity index (χ4v) is 4.58. The SMILES string of the molecule is C=CC(=O)N1C[C@@H](n2nc(Br)c(C(N)=O)c2NCCN2CCOCC2)C[C@@H]1COC. The average Bonchev–Trinajstić information content (AvgIpc) is 3.29. The smallest absolute Gasteiger partial charge is 0.255 e. The molecule has 1 aromatic heterocycles. The number of hydrogen-bond donors (Lipinski definition) is 2. The summed E-state index contributed by atoms with van der Waals surface area (Å²) in [7, 11) is 1.61. The third-order valence-electron chi connectivity index (χ3n) is 5.49. The minimum Gasteiger partial charge on any atom is -0.383 e. The second kappa shape index (κ2) is 10.4. The Morgan fingerprint density at radius 3 is 2.80 bits per heavy atom. The van der Waals surface area contributed by atoms with E-state index in [0.29, 0.717) is 42.1 Å². The summed E-state index contributed by atoms with van der Waals surface area (Å²) in [5.74, 6) is -0.146. The van der Waals surface area contributed by atoms with Gasteiger partial charge in [-0.2, -0.15) is 5.10 Å². The summed E-state index contributed by atoms with van der Waals surface area (Å²) in [5.41, 5.74) is 5.94. The molecule has 2 amide bonds. The van der Waals surface area contributed by atoms with Crippen LogP contribution in [0.15, 0.2) is 17.3 Å². The molecule has 0 bridgehead atoms. The highest BCUT2D eigenvalue weighted by Crippen LogP contribution is 2.34. The Balaban J connectivity index is 1.79. The maximum Gasteiger partial charge on any atom is 0.255 e. The number of likely N-dealkylation sites (tertiary alicyclic amines) is 1. The van der Waals surface area contributed by atoms with Gasteiger partial charge in [0.15, 0.2) is 0 Å². The maximum atomic E-state index is 12.3. The standard InChI is InChI=1S/C19H29BrN6O4/c1-3-15(27)25-11-13(10-14(25)12-29-2)26-19(16(18(21)28)17(20)23-26)22-4-5-24-6-8-30-9-7-24/h3,13-14,22H,1,4-12H2,2H3,(H2,21,28)/t13-,14+/m0/s1. The van der Waals surface area contributed by atoms with Gasteiger partial charge in [0.05, 0.1) is 31.9 Å². The van der Waals surface area contributed by atoms with Crippen LogP contribution in [0, 0.1) is 0 Å². The number of amides is 2. The van der Waals surface area contributed by atoms with E-state index < -0.39 is 5.91 Å². The molecule has 10 nitrogen and oxygen atoms in total. The fraction of sp³-hybridized carbons (Fsp3) is 0.632. The molecule has 2 atom stereocenters. The Morgan fingerprint density at radius 1 is 1.43 bits per heavy atom. The number of methoxy groups -OCH3 is 1. The molecule has 3 heterocycles. The van der Waals surface area contributed by atoms with Crippen molar-refractivity contribution in [1.29, 1.82) is 0 Å². The molecule has 1 aromatic rings. The number of nitrogens with one attached hydrogen (secondary N) is 1. The van der Waals surface area contributed by atoms with E-state index in [-0.39, 0.29) is 18.0 Å². The molecule has 0 aliphatic carbocycles. The van der Waals surface area contributed by atoms with Crippen molar-refractivity contribution in [1.82, 2.24) is 19.6 Å². The molecule has 3 rings (SSSR count). The van der Waals surface area contributed by atoms with Crippen molar-refractivity contribution in [2.75, 3.05) is 65.0 Å². The van der Waals surface area contributed by atoms with E-state index in [1.54, 1.807) is 16.7 Å². The Hall–Kier alpha value is -1.95. The third kappa shape index (κ3) is 5.02. The average molecular weight is 485 g/mol. The highest BCUT2D eigenvalue weighted by Gasteiger charge is 2.37. The van der Waals surface area contributed by atoms with Crippen molar-refractivity contribution >= 4 is 33.6 Å². The van der Waals surface area contributed by atoms with Gasteiger partial charge >= 0.3 is 0 Å². The number of morpholine rings is 1. The van der Waals surface area contributed by atoms with E-state index >= 15 is 0 Å². The lowest BCUT2D eigenvalue weighted by molar-refractivity contribution is -0.127. The van der Waals surface area contributed by atoms with Crippen LogP contribution in [-0.2, 0) is 14.3 Å². The van der Waals surface area contributed by atoms with Crippen molar-refractivity contribution in [3.63, 3.8) is 0 Å². The number of carbonyl (C=O) groups is 2. The number of nitrogens with zero attached hydrogens (tertiary/aromatic N) is 4. The minimum absolute atomic E-state index is 0.0910. The van der Waals surface area contributed by atoms with Crippen molar-refractivity contribution in [3.05, 3.63) is 22.8 Å². The van der Waals surface area contributed by atoms with Crippen molar-refractivity contribution < 1.29 is 19.1 Å². The van der Waals surface area contributed by atoms with E-state index in [1.165, 1.54) is 6.08 Å². The van der Waals surface area contributed by atoms with E-state index in [2.05, 4.69) is 37.8 Å². The van der Waals surface area contributed by atoms with Gasteiger partial charge in [0.25, 0.3) is 5.91 Å². The molecule has 0 radical (unpaired) electrons. The fourth-order valence-electron chi connectivity index (χ4n) is 4.02. The number of rotatable bonds is 9. The molecular formula is C19H29BrN6O4. The van der Waals surface area contributed by atoms with Crippen LogP contribution in [-0.4, -0.2) is 97.1 Å². The zero-order chi connectivity index (χ0) is 21.7. The molecule has 11 heteroatoms. The quantitative estimate of drug-likeness (QED) is 0.489. The highest BCUT2D eigenvalue weighted by molar-refractivity contribution is 9.10. The van der Waals surface area contributed by atoms with Gasteiger partial charge in [0.1, 0.15) is 16.0 Å². The third-order valence-corrected chi connectivity index (χ3v) is 6.05. The molecule has 166 valence electrons. The van der Waals surface area contributed by atoms with Gasteiger partial charge in [-0.1, -0.05) is 6.58 Å². The Morgan fingerprint density at radius 2 is 2.17 bits per heavy atom. The number of aromatic nitrogens is 2. The number of primary amides is 1. The number of nitrogens with two attached hydrogens (primary N) is 1. The Labute approximate surface area is 184 Å². The Kier molecular flexibility index (Phi) is 7.87. The van der Waals surface area contributed by atoms with Crippen molar-refractivity contribution in [3.8, 4) is 0 Å². The summed E-state index contributed by atoms with van der Waals surface area (Å²) < 4.78 is 12.8. The van der Waals surface area contributed by atoms with Crippen LogP contribution in [0.1, 0.15) is 22.8 Å². The van der Waals surface area contributed by atoms with E-state index in [4.69, 9.17) is 15.2 Å². The van der Waals surface area contributed by atoms with Crippen LogP contribution in [0.3, 0.4) is 0 Å². The molecule has 0 spiro atoms. The minimum atomic E-state index is -0.563. The molecule has 2 aliphatic heterocycles. The number of halogens is 1. The molecular weight excluding hydrogens is 456 g/mol. The van der Waals surface area contributed by atoms with Crippen LogP contribution >= 0.6 is 15.9 Å². The van der Waals surface area contributed by atoms with Crippen molar-refractivity contribution in [2.24, 2.45) is 5.73 Å². The molecule has 3 N–H and O–H groups in total. The molecule has 2 fully saturated rings. The predicted molar refractivity (Wildman–Crippen MR) is 115 cm³/mol. The normalized spacial score (nSPS) is 22.3. The van der Waals surface area contributed by atoms with E-state index in [0.717, 1.165) is 32.8 Å². The zero-order valence-corrected chi connectivity index (χ0v) is 18.8.